The third-order valence-corrected chi connectivity index (χ3v) is 5.60. The lowest BCUT2D eigenvalue weighted by molar-refractivity contribution is -0.145. The Morgan fingerprint density at radius 1 is 1.15 bits per heavy atom. The standard InChI is InChI=1S/C22H18F3N11O4/c1-10(18(37)32-14-7-26-6-13(31-14)12-4-27-20(28-5-12)22(23,24)25)36-9-29-17-16(36)19(38)35(21(39)34(17)3)8-15-30-11(2)33-40-15/h4-7,9-10H,8H2,1-3H3,(H,31,32,37)/i3D3. The summed E-state index contributed by atoms with van der Waals surface area (Å²) in [5.41, 5.74) is -2.92. The molecule has 40 heavy (non-hydrogen) atoms. The molecule has 0 aliphatic heterocycles. The van der Waals surface area contributed by atoms with Crippen molar-refractivity contribution in [1.82, 2.24) is 48.8 Å². The Morgan fingerprint density at radius 2 is 1.90 bits per heavy atom. The van der Waals surface area contributed by atoms with Crippen LogP contribution in [0.15, 0.2) is 45.2 Å². The topological polar surface area (TPSA) is 181 Å². The summed E-state index contributed by atoms with van der Waals surface area (Å²) in [6.07, 6.45) is 0.474. The molecule has 0 aromatic carbocycles. The maximum atomic E-state index is 13.5. The van der Waals surface area contributed by atoms with Crippen molar-refractivity contribution < 1.29 is 26.6 Å². The highest BCUT2D eigenvalue weighted by Gasteiger charge is 2.34. The lowest BCUT2D eigenvalue weighted by Crippen LogP contribution is -2.40. The lowest BCUT2D eigenvalue weighted by atomic mass is 10.2. The number of hydrogen-bond acceptors (Lipinski definition) is 11. The van der Waals surface area contributed by atoms with Crippen LogP contribution in [0.2, 0.25) is 0 Å². The van der Waals surface area contributed by atoms with Gasteiger partial charge in [0.05, 0.1) is 24.4 Å². The van der Waals surface area contributed by atoms with E-state index in [-0.39, 0.29) is 34.3 Å². The van der Waals surface area contributed by atoms with E-state index in [0.717, 1.165) is 29.5 Å². The minimum Gasteiger partial charge on any atom is -0.337 e. The first-order valence-electron chi connectivity index (χ1n) is 12.7. The van der Waals surface area contributed by atoms with Crippen molar-refractivity contribution in [3.8, 4) is 11.3 Å². The number of nitrogens with one attached hydrogen (secondary N) is 1. The van der Waals surface area contributed by atoms with Crippen LogP contribution in [0.5, 0.6) is 0 Å². The Morgan fingerprint density at radius 3 is 2.55 bits per heavy atom. The van der Waals surface area contributed by atoms with E-state index in [1.807, 2.05) is 0 Å². The van der Waals surface area contributed by atoms with Gasteiger partial charge in [0.25, 0.3) is 5.56 Å². The number of aromatic nitrogens is 10. The van der Waals surface area contributed by atoms with Crippen molar-refractivity contribution in [2.75, 3.05) is 5.32 Å². The average Bonchev–Trinajstić information content (AvgIpc) is 3.55. The van der Waals surface area contributed by atoms with Crippen LogP contribution in [0.3, 0.4) is 0 Å². The predicted molar refractivity (Wildman–Crippen MR) is 129 cm³/mol. The van der Waals surface area contributed by atoms with Crippen LogP contribution in [0.1, 0.15) is 34.6 Å². The summed E-state index contributed by atoms with van der Waals surface area (Å²) in [6, 6.07) is -1.22. The number of carbonyl (C=O) groups excluding carboxylic acids is 1. The highest BCUT2D eigenvalue weighted by Crippen LogP contribution is 2.26. The van der Waals surface area contributed by atoms with Gasteiger partial charge in [0.15, 0.2) is 22.8 Å². The molecule has 0 radical (unpaired) electrons. The van der Waals surface area contributed by atoms with Crippen molar-refractivity contribution in [1.29, 1.82) is 0 Å². The van der Waals surface area contributed by atoms with Crippen molar-refractivity contribution in [3.05, 3.63) is 69.5 Å². The van der Waals surface area contributed by atoms with Crippen LogP contribution in [0.25, 0.3) is 22.4 Å². The molecular weight excluding hydrogens is 539 g/mol. The van der Waals surface area contributed by atoms with Crippen LogP contribution in [-0.4, -0.2) is 54.7 Å². The Hall–Kier alpha value is -5.29. The summed E-state index contributed by atoms with van der Waals surface area (Å²) in [5, 5.41) is 6.06. The van der Waals surface area contributed by atoms with Gasteiger partial charge in [-0.1, -0.05) is 5.16 Å². The zero-order valence-electron chi connectivity index (χ0n) is 23.4. The molecule has 0 bridgehead atoms. The van der Waals surface area contributed by atoms with Gasteiger partial charge < -0.3 is 14.4 Å². The number of carbonyl (C=O) groups is 1. The molecule has 5 rings (SSSR count). The minimum absolute atomic E-state index is 0.0492. The maximum Gasteiger partial charge on any atom is 0.451 e. The molecular formula is C22H18F3N11O4. The fourth-order valence-electron chi connectivity index (χ4n) is 3.65. The molecule has 5 aromatic rings. The summed E-state index contributed by atoms with van der Waals surface area (Å²) < 4.78 is 68.9. The van der Waals surface area contributed by atoms with E-state index >= 15 is 0 Å². The number of amides is 1. The van der Waals surface area contributed by atoms with Gasteiger partial charge in [-0.3, -0.25) is 19.1 Å². The summed E-state index contributed by atoms with van der Waals surface area (Å²) in [6.45, 7) is -0.732. The number of halogens is 3. The third kappa shape index (κ3) is 4.81. The molecule has 15 nitrogen and oxygen atoms in total. The summed E-state index contributed by atoms with van der Waals surface area (Å²) in [7, 11) is 0. The SMILES string of the molecule is [2H]C([2H])([2H])n1c(=O)n(Cc2nc(C)no2)c(=O)c2c1ncn2C(C)C(=O)Nc1cncc(-c2cnc(C(F)(F)F)nc2)n1. The van der Waals surface area contributed by atoms with E-state index < -0.39 is 54.4 Å². The summed E-state index contributed by atoms with van der Waals surface area (Å²) in [4.78, 5) is 62.3. The first kappa shape index (κ1) is 22.7. The van der Waals surface area contributed by atoms with Crippen molar-refractivity contribution in [2.24, 2.45) is 6.98 Å². The van der Waals surface area contributed by atoms with Gasteiger partial charge in [0.1, 0.15) is 12.6 Å². The number of anilines is 1. The van der Waals surface area contributed by atoms with Gasteiger partial charge in [-0.2, -0.15) is 18.2 Å². The molecule has 206 valence electrons. The molecule has 0 saturated carbocycles. The highest BCUT2D eigenvalue weighted by molar-refractivity contribution is 5.93. The van der Waals surface area contributed by atoms with Gasteiger partial charge in [-0.05, 0) is 13.8 Å². The van der Waals surface area contributed by atoms with Crippen molar-refractivity contribution in [2.45, 2.75) is 32.6 Å². The summed E-state index contributed by atoms with van der Waals surface area (Å²) >= 11 is 0. The van der Waals surface area contributed by atoms with Gasteiger partial charge in [0, 0.05) is 29.0 Å². The highest BCUT2D eigenvalue weighted by atomic mass is 19.4. The molecule has 5 heterocycles. The Bertz CT molecular complexity index is 1960. The molecule has 1 N–H and O–H groups in total. The van der Waals surface area contributed by atoms with Gasteiger partial charge in [-0.15, -0.1) is 0 Å². The van der Waals surface area contributed by atoms with Crippen LogP contribution in [0, 0.1) is 6.92 Å². The van der Waals surface area contributed by atoms with Crippen LogP contribution in [0.4, 0.5) is 19.0 Å². The lowest BCUT2D eigenvalue weighted by Gasteiger charge is -2.15. The predicted octanol–water partition coefficient (Wildman–Crippen LogP) is 1.10. The number of alkyl halides is 3. The quantitative estimate of drug-likeness (QED) is 0.314. The van der Waals surface area contributed by atoms with Crippen LogP contribution >= 0.6 is 0 Å². The van der Waals surface area contributed by atoms with Crippen LogP contribution < -0.4 is 16.6 Å². The number of fused-ring (bicyclic) bond motifs is 1. The molecule has 1 atom stereocenters. The van der Waals surface area contributed by atoms with E-state index in [1.54, 1.807) is 0 Å². The molecule has 0 fully saturated rings. The second kappa shape index (κ2) is 9.79. The van der Waals surface area contributed by atoms with Crippen molar-refractivity contribution in [3.63, 3.8) is 0 Å². The van der Waals surface area contributed by atoms with E-state index in [9.17, 15) is 27.6 Å². The van der Waals surface area contributed by atoms with E-state index in [0.29, 0.717) is 9.13 Å². The largest absolute Gasteiger partial charge is 0.451 e. The molecule has 0 aliphatic rings. The smallest absolute Gasteiger partial charge is 0.337 e. The molecule has 0 saturated heterocycles. The fraction of sp³-hybridized carbons (Fsp3) is 0.273. The fourth-order valence-corrected chi connectivity index (χ4v) is 3.65. The number of rotatable bonds is 6. The first-order chi connectivity index (χ1) is 20.1. The number of aryl methyl sites for hydroxylation is 2. The van der Waals surface area contributed by atoms with Gasteiger partial charge in [0.2, 0.25) is 17.6 Å². The minimum atomic E-state index is -4.74. The Labute approximate surface area is 224 Å². The van der Waals surface area contributed by atoms with Gasteiger partial charge >= 0.3 is 11.9 Å². The van der Waals surface area contributed by atoms with E-state index in [2.05, 4.69) is 40.4 Å². The van der Waals surface area contributed by atoms with E-state index in [1.165, 1.54) is 20.0 Å². The molecule has 0 aliphatic carbocycles. The third-order valence-electron chi connectivity index (χ3n) is 5.60. The molecule has 1 amide bonds. The number of hydrogen-bond donors (Lipinski definition) is 1. The molecule has 1 unspecified atom stereocenters. The summed E-state index contributed by atoms with van der Waals surface area (Å²) in [5.74, 6) is -2.14. The molecule has 0 spiro atoms. The van der Waals surface area contributed by atoms with Crippen LogP contribution in [-0.2, 0) is 24.5 Å². The average molecular weight is 560 g/mol. The molecule has 5 aromatic heterocycles. The normalized spacial score (nSPS) is 14.0. The Kier molecular flexibility index (Phi) is 5.55. The van der Waals surface area contributed by atoms with E-state index in [4.69, 9.17) is 8.64 Å². The number of imidazole rings is 1. The second-order valence-corrected chi connectivity index (χ2v) is 8.32. The maximum absolute atomic E-state index is 13.5. The Balaban J connectivity index is 1.49. The zero-order chi connectivity index (χ0) is 31.3. The van der Waals surface area contributed by atoms with Gasteiger partial charge in [-0.25, -0.2) is 29.3 Å². The second-order valence-electron chi connectivity index (χ2n) is 8.32. The molecule has 18 heteroatoms. The zero-order valence-corrected chi connectivity index (χ0v) is 20.4. The number of nitrogens with zero attached hydrogens (tertiary/aromatic N) is 10. The first-order valence-corrected chi connectivity index (χ1v) is 11.2. The monoisotopic (exact) mass is 560 g/mol. The van der Waals surface area contributed by atoms with Crippen molar-refractivity contribution >= 4 is 22.9 Å².